The van der Waals surface area contributed by atoms with Crippen LogP contribution in [0, 0.1) is 0 Å². The molecule has 2 heterocycles. The highest BCUT2D eigenvalue weighted by Crippen LogP contribution is 2.37. The van der Waals surface area contributed by atoms with Crippen LogP contribution < -0.4 is 20.1 Å². The summed E-state index contributed by atoms with van der Waals surface area (Å²) in [6.07, 6.45) is 3.48. The minimum absolute atomic E-state index is 0. The van der Waals surface area contributed by atoms with Gasteiger partial charge in [0.05, 0.1) is 25.9 Å². The third kappa shape index (κ3) is 4.96. The second-order valence-electron chi connectivity index (χ2n) is 6.45. The van der Waals surface area contributed by atoms with Crippen molar-refractivity contribution < 1.29 is 19.1 Å². The van der Waals surface area contributed by atoms with Crippen LogP contribution in [-0.2, 0) is 4.79 Å². The second-order valence-corrected chi connectivity index (χ2v) is 6.45. The number of hydrogen-bond donors (Lipinski definition) is 2. The van der Waals surface area contributed by atoms with E-state index in [1.165, 1.54) is 21.1 Å². The van der Waals surface area contributed by atoms with Crippen LogP contribution in [0.5, 0.6) is 11.5 Å². The van der Waals surface area contributed by atoms with Crippen LogP contribution >= 0.6 is 12.4 Å². The molecule has 0 saturated carbocycles. The highest BCUT2D eigenvalue weighted by molar-refractivity contribution is 5.99. The molecule has 1 fully saturated rings. The minimum atomic E-state index is -0.264. The Labute approximate surface area is 176 Å². The normalized spacial score (nSPS) is 15.8. The molecule has 1 unspecified atom stereocenters. The fourth-order valence-corrected chi connectivity index (χ4v) is 3.35. The highest BCUT2D eigenvalue weighted by atomic mass is 35.5. The number of nitrogens with one attached hydrogen (secondary N) is 2. The van der Waals surface area contributed by atoms with Gasteiger partial charge in [-0.1, -0.05) is 6.07 Å². The van der Waals surface area contributed by atoms with Gasteiger partial charge in [0.2, 0.25) is 5.91 Å². The molecule has 1 aromatic heterocycles. The number of amides is 2. The summed E-state index contributed by atoms with van der Waals surface area (Å²) in [6.45, 7) is 3.30. The molecule has 0 radical (unpaired) electrons. The van der Waals surface area contributed by atoms with E-state index in [4.69, 9.17) is 9.47 Å². The number of aromatic nitrogens is 1. The van der Waals surface area contributed by atoms with E-state index >= 15 is 0 Å². The molecule has 29 heavy (non-hydrogen) atoms. The van der Waals surface area contributed by atoms with E-state index in [0.717, 1.165) is 5.56 Å². The summed E-state index contributed by atoms with van der Waals surface area (Å²) in [7, 11) is 2.98. The molecule has 2 N–H and O–H groups in total. The molecule has 0 bridgehead atoms. The van der Waals surface area contributed by atoms with Crippen LogP contribution in [-0.4, -0.2) is 55.6 Å². The van der Waals surface area contributed by atoms with Gasteiger partial charge in [-0.05, 0) is 23.8 Å². The van der Waals surface area contributed by atoms with Gasteiger partial charge in [0, 0.05) is 44.5 Å². The lowest BCUT2D eigenvalue weighted by atomic mass is 10.0. The van der Waals surface area contributed by atoms with Crippen LogP contribution in [0.4, 0.5) is 5.69 Å². The van der Waals surface area contributed by atoms with E-state index in [1.807, 2.05) is 17.0 Å². The number of methoxy groups -OCH3 is 2. The van der Waals surface area contributed by atoms with E-state index in [0.29, 0.717) is 42.4 Å². The molecular formula is C20H25ClN4O4. The van der Waals surface area contributed by atoms with Crippen molar-refractivity contribution in [2.75, 3.05) is 39.2 Å². The predicted molar refractivity (Wildman–Crippen MR) is 112 cm³/mol. The van der Waals surface area contributed by atoms with Crippen molar-refractivity contribution in [1.29, 1.82) is 0 Å². The van der Waals surface area contributed by atoms with Gasteiger partial charge in [-0.3, -0.25) is 14.6 Å². The zero-order valence-corrected chi connectivity index (χ0v) is 17.4. The monoisotopic (exact) mass is 420 g/mol. The van der Waals surface area contributed by atoms with E-state index in [9.17, 15) is 9.59 Å². The molecule has 1 aliphatic heterocycles. The third-order valence-corrected chi connectivity index (χ3v) is 4.61. The minimum Gasteiger partial charge on any atom is -0.493 e. The quantitative estimate of drug-likeness (QED) is 0.770. The lowest BCUT2D eigenvalue weighted by Crippen LogP contribution is -2.48. The van der Waals surface area contributed by atoms with Crippen molar-refractivity contribution in [2.45, 2.75) is 13.0 Å². The summed E-state index contributed by atoms with van der Waals surface area (Å²) in [6, 6.07) is 6.94. The smallest absolute Gasteiger partial charge is 0.254 e. The number of pyridine rings is 1. The zero-order valence-electron chi connectivity index (χ0n) is 16.6. The molecule has 0 spiro atoms. The molecule has 1 saturated heterocycles. The van der Waals surface area contributed by atoms with Crippen LogP contribution in [0.3, 0.4) is 0 Å². The molecule has 1 aliphatic rings. The maximum Gasteiger partial charge on any atom is 0.254 e. The molecule has 2 amide bonds. The van der Waals surface area contributed by atoms with Gasteiger partial charge in [-0.2, -0.15) is 0 Å². The van der Waals surface area contributed by atoms with Gasteiger partial charge >= 0.3 is 0 Å². The van der Waals surface area contributed by atoms with E-state index in [2.05, 4.69) is 15.6 Å². The van der Waals surface area contributed by atoms with Crippen molar-refractivity contribution in [3.63, 3.8) is 0 Å². The maximum absolute atomic E-state index is 13.4. The molecule has 9 heteroatoms. The van der Waals surface area contributed by atoms with E-state index in [-0.39, 0.29) is 30.3 Å². The van der Waals surface area contributed by atoms with Gasteiger partial charge in [0.1, 0.15) is 0 Å². The van der Waals surface area contributed by atoms with Crippen molar-refractivity contribution in [2.24, 2.45) is 0 Å². The molecule has 8 nitrogen and oxygen atoms in total. The number of anilines is 1. The maximum atomic E-state index is 13.4. The second kappa shape index (κ2) is 10.1. The number of halogens is 1. The Morgan fingerprint density at radius 1 is 1.28 bits per heavy atom. The van der Waals surface area contributed by atoms with Gasteiger partial charge in [-0.15, -0.1) is 12.4 Å². The van der Waals surface area contributed by atoms with Crippen LogP contribution in [0.1, 0.15) is 28.9 Å². The lowest BCUT2D eigenvalue weighted by molar-refractivity contribution is -0.114. The topological polar surface area (TPSA) is 92.8 Å². The molecular weight excluding hydrogens is 396 g/mol. The van der Waals surface area contributed by atoms with E-state index < -0.39 is 0 Å². The number of rotatable bonds is 5. The first-order valence-electron chi connectivity index (χ1n) is 9.00. The van der Waals surface area contributed by atoms with Crippen molar-refractivity contribution in [3.8, 4) is 11.5 Å². The average Bonchev–Trinajstić information content (AvgIpc) is 2.72. The molecule has 1 aromatic carbocycles. The zero-order chi connectivity index (χ0) is 20.1. The van der Waals surface area contributed by atoms with Gasteiger partial charge in [0.25, 0.3) is 5.91 Å². The first-order chi connectivity index (χ1) is 13.5. The summed E-state index contributed by atoms with van der Waals surface area (Å²) in [5.74, 6) is 0.340. The fraction of sp³-hybridized carbons (Fsp3) is 0.350. The van der Waals surface area contributed by atoms with Crippen LogP contribution in [0.15, 0.2) is 36.7 Å². The van der Waals surface area contributed by atoms with Crippen LogP contribution in [0.2, 0.25) is 0 Å². The largest absolute Gasteiger partial charge is 0.493 e. The number of carbonyl (C=O) groups is 2. The molecule has 1 atom stereocenters. The third-order valence-electron chi connectivity index (χ3n) is 4.61. The van der Waals surface area contributed by atoms with E-state index in [1.54, 1.807) is 24.5 Å². The first kappa shape index (κ1) is 22.4. The standard InChI is InChI=1S/C20H24N4O4.ClH/c1-13(25)23-16-9-15(10-18(27-2)19(16)28-3)20(26)24-8-7-22-12-17(24)14-5-4-6-21-11-14;/h4-6,9-11,17,22H,7-8,12H2,1-3H3,(H,23,25);1H. The Morgan fingerprint density at radius 3 is 2.69 bits per heavy atom. The fourth-order valence-electron chi connectivity index (χ4n) is 3.35. The number of nitrogens with zero attached hydrogens (tertiary/aromatic N) is 2. The van der Waals surface area contributed by atoms with Crippen molar-refractivity contribution in [3.05, 3.63) is 47.8 Å². The van der Waals surface area contributed by atoms with Crippen molar-refractivity contribution in [1.82, 2.24) is 15.2 Å². The number of ether oxygens (including phenoxy) is 2. The molecule has 156 valence electrons. The number of carbonyl (C=O) groups excluding carboxylic acids is 2. The lowest BCUT2D eigenvalue weighted by Gasteiger charge is -2.36. The summed E-state index contributed by atoms with van der Waals surface area (Å²) >= 11 is 0. The molecule has 2 aromatic rings. The first-order valence-corrected chi connectivity index (χ1v) is 9.00. The SMILES string of the molecule is COc1cc(C(=O)N2CCNCC2c2cccnc2)cc(NC(C)=O)c1OC.Cl. The Kier molecular flexibility index (Phi) is 7.81. The van der Waals surface area contributed by atoms with Gasteiger partial charge < -0.3 is 25.0 Å². The van der Waals surface area contributed by atoms with Crippen molar-refractivity contribution >= 4 is 29.9 Å². The molecule has 0 aliphatic carbocycles. The number of benzene rings is 1. The summed E-state index contributed by atoms with van der Waals surface area (Å²) in [4.78, 5) is 30.9. The number of piperazine rings is 1. The Balaban J connectivity index is 0.00000300. The Hall–Kier alpha value is -2.84. The summed E-state index contributed by atoms with van der Waals surface area (Å²) in [5.41, 5.74) is 1.77. The average molecular weight is 421 g/mol. The predicted octanol–water partition coefficient (Wildman–Crippen LogP) is 2.27. The Morgan fingerprint density at radius 2 is 2.07 bits per heavy atom. The van der Waals surface area contributed by atoms with Crippen LogP contribution in [0.25, 0.3) is 0 Å². The summed E-state index contributed by atoms with van der Waals surface area (Å²) < 4.78 is 10.7. The van der Waals surface area contributed by atoms with Gasteiger partial charge in [0.15, 0.2) is 11.5 Å². The number of hydrogen-bond acceptors (Lipinski definition) is 6. The Bertz CT molecular complexity index is 863. The molecule has 3 rings (SSSR count). The van der Waals surface area contributed by atoms with Gasteiger partial charge in [-0.25, -0.2) is 0 Å². The highest BCUT2D eigenvalue weighted by Gasteiger charge is 2.30. The summed E-state index contributed by atoms with van der Waals surface area (Å²) in [5, 5.41) is 6.03.